The van der Waals surface area contributed by atoms with Crippen molar-refractivity contribution in [3.8, 4) is 0 Å². The van der Waals surface area contributed by atoms with Crippen LogP contribution in [-0.4, -0.2) is 15.7 Å². The fourth-order valence-corrected chi connectivity index (χ4v) is 2.62. The number of halogens is 1. The molecular formula is C12H11BrN2O. The van der Waals surface area contributed by atoms with Gasteiger partial charge in [0.05, 0.1) is 5.52 Å². The second kappa shape index (κ2) is 3.70. The molecule has 0 spiro atoms. The Balaban J connectivity index is 2.22. The molecule has 0 N–H and O–H groups in total. The average Bonchev–Trinajstić information content (AvgIpc) is 2.54. The molecule has 4 heteroatoms. The summed E-state index contributed by atoms with van der Waals surface area (Å²) < 4.78 is 2.91. The van der Waals surface area contributed by atoms with Gasteiger partial charge in [-0.1, -0.05) is 6.42 Å². The summed E-state index contributed by atoms with van der Waals surface area (Å²) in [4.78, 5) is 15.3. The summed E-state index contributed by atoms with van der Waals surface area (Å²) in [5.41, 5.74) is 1.73. The third-order valence-electron chi connectivity index (χ3n) is 3.25. The van der Waals surface area contributed by atoms with E-state index in [2.05, 4.69) is 20.9 Å². The number of pyridine rings is 1. The van der Waals surface area contributed by atoms with E-state index in [1.807, 2.05) is 22.7 Å². The van der Waals surface area contributed by atoms with Crippen LogP contribution in [0.1, 0.15) is 41.4 Å². The Morgan fingerprint density at radius 3 is 2.88 bits per heavy atom. The molecule has 0 saturated heterocycles. The van der Waals surface area contributed by atoms with Crippen molar-refractivity contribution >= 4 is 27.7 Å². The lowest BCUT2D eigenvalue weighted by molar-refractivity contribution is 0.112. The van der Waals surface area contributed by atoms with E-state index in [9.17, 15) is 4.79 Å². The standard InChI is InChI=1S/C12H11BrN2O/c13-11-10-5-4-8(7-16)6-15(10)12(14-11)9-2-1-3-9/h4-7,9H,1-3H2. The Hall–Kier alpha value is -1.16. The molecule has 1 saturated carbocycles. The molecule has 2 aromatic heterocycles. The summed E-state index contributed by atoms with van der Waals surface area (Å²) in [7, 11) is 0. The highest BCUT2D eigenvalue weighted by molar-refractivity contribution is 9.10. The highest BCUT2D eigenvalue weighted by Gasteiger charge is 2.24. The van der Waals surface area contributed by atoms with Gasteiger partial charge in [-0.3, -0.25) is 4.79 Å². The number of hydrogen-bond donors (Lipinski definition) is 0. The van der Waals surface area contributed by atoms with Gasteiger partial charge < -0.3 is 4.40 Å². The molecule has 82 valence electrons. The summed E-state index contributed by atoms with van der Waals surface area (Å²) in [6.07, 6.45) is 6.43. The van der Waals surface area contributed by atoms with E-state index < -0.39 is 0 Å². The van der Waals surface area contributed by atoms with E-state index in [0.717, 1.165) is 22.2 Å². The molecule has 1 fully saturated rings. The number of nitrogens with zero attached hydrogens (tertiary/aromatic N) is 2. The van der Waals surface area contributed by atoms with E-state index in [0.29, 0.717) is 11.5 Å². The first-order valence-electron chi connectivity index (χ1n) is 5.42. The molecule has 3 nitrogen and oxygen atoms in total. The van der Waals surface area contributed by atoms with Crippen LogP contribution < -0.4 is 0 Å². The van der Waals surface area contributed by atoms with Crippen molar-refractivity contribution in [2.24, 2.45) is 0 Å². The summed E-state index contributed by atoms with van der Waals surface area (Å²) in [6, 6.07) is 3.75. The maximum absolute atomic E-state index is 10.8. The minimum Gasteiger partial charge on any atom is -0.302 e. The molecular weight excluding hydrogens is 268 g/mol. The van der Waals surface area contributed by atoms with E-state index >= 15 is 0 Å². The van der Waals surface area contributed by atoms with Crippen molar-refractivity contribution in [2.45, 2.75) is 25.2 Å². The monoisotopic (exact) mass is 278 g/mol. The van der Waals surface area contributed by atoms with Gasteiger partial charge in [-0.2, -0.15) is 0 Å². The number of rotatable bonds is 2. The number of carbonyl (C=O) groups excluding carboxylic acids is 1. The Labute approximate surface area is 102 Å². The Morgan fingerprint density at radius 1 is 1.44 bits per heavy atom. The lowest BCUT2D eigenvalue weighted by Gasteiger charge is -2.23. The number of aromatic nitrogens is 2. The van der Waals surface area contributed by atoms with Crippen LogP contribution in [0, 0.1) is 0 Å². The molecule has 0 aromatic carbocycles. The molecule has 0 bridgehead atoms. The SMILES string of the molecule is O=Cc1ccc2c(Br)nc(C3CCC3)n2c1. The number of fused-ring (bicyclic) bond motifs is 1. The maximum atomic E-state index is 10.8. The van der Waals surface area contributed by atoms with Gasteiger partial charge in [0.25, 0.3) is 0 Å². The highest BCUT2D eigenvalue weighted by atomic mass is 79.9. The van der Waals surface area contributed by atoms with Crippen molar-refractivity contribution in [2.75, 3.05) is 0 Å². The van der Waals surface area contributed by atoms with Gasteiger partial charge in [0.1, 0.15) is 10.4 Å². The second-order valence-electron chi connectivity index (χ2n) is 4.22. The zero-order chi connectivity index (χ0) is 11.1. The van der Waals surface area contributed by atoms with Crippen LogP contribution in [0.3, 0.4) is 0 Å². The zero-order valence-corrected chi connectivity index (χ0v) is 10.3. The first-order chi connectivity index (χ1) is 7.79. The normalized spacial score (nSPS) is 16.3. The van der Waals surface area contributed by atoms with Crippen LogP contribution in [0.25, 0.3) is 5.52 Å². The molecule has 2 heterocycles. The summed E-state index contributed by atoms with van der Waals surface area (Å²) in [5.74, 6) is 1.64. The molecule has 0 unspecified atom stereocenters. The lowest BCUT2D eigenvalue weighted by atomic mass is 9.85. The third-order valence-corrected chi connectivity index (χ3v) is 3.83. The van der Waals surface area contributed by atoms with Crippen LogP contribution in [0.2, 0.25) is 0 Å². The van der Waals surface area contributed by atoms with Gasteiger partial charge in [-0.15, -0.1) is 0 Å². The number of imidazole rings is 1. The summed E-state index contributed by atoms with van der Waals surface area (Å²) in [5, 5.41) is 0. The highest BCUT2D eigenvalue weighted by Crippen LogP contribution is 2.37. The molecule has 0 aliphatic heterocycles. The topological polar surface area (TPSA) is 34.4 Å². The number of carbonyl (C=O) groups is 1. The van der Waals surface area contributed by atoms with Crippen molar-refractivity contribution in [3.05, 3.63) is 34.3 Å². The van der Waals surface area contributed by atoms with Gasteiger partial charge in [0.2, 0.25) is 0 Å². The van der Waals surface area contributed by atoms with Gasteiger partial charge in [0, 0.05) is 17.7 Å². The van der Waals surface area contributed by atoms with Gasteiger partial charge >= 0.3 is 0 Å². The first kappa shape index (κ1) is 10.0. The van der Waals surface area contributed by atoms with Gasteiger partial charge in [-0.25, -0.2) is 4.98 Å². The first-order valence-corrected chi connectivity index (χ1v) is 6.21. The summed E-state index contributed by atoms with van der Waals surface area (Å²) >= 11 is 3.47. The van der Waals surface area contributed by atoms with Gasteiger partial charge in [-0.05, 0) is 40.9 Å². The number of hydrogen-bond acceptors (Lipinski definition) is 2. The van der Waals surface area contributed by atoms with E-state index in [-0.39, 0.29) is 0 Å². The smallest absolute Gasteiger partial charge is 0.151 e. The molecule has 3 rings (SSSR count). The molecule has 2 aromatic rings. The Kier molecular flexibility index (Phi) is 2.32. The van der Waals surface area contributed by atoms with Crippen LogP contribution in [0.4, 0.5) is 0 Å². The predicted octanol–water partition coefficient (Wildman–Crippen LogP) is 3.18. The average molecular weight is 279 g/mol. The van der Waals surface area contributed by atoms with Crippen LogP contribution in [-0.2, 0) is 0 Å². The van der Waals surface area contributed by atoms with Crippen LogP contribution in [0.15, 0.2) is 22.9 Å². The molecule has 0 amide bonds. The fraction of sp³-hybridized carbons (Fsp3) is 0.333. The minimum absolute atomic E-state index is 0.556. The lowest BCUT2D eigenvalue weighted by Crippen LogP contribution is -2.12. The second-order valence-corrected chi connectivity index (χ2v) is 4.98. The fourth-order valence-electron chi connectivity index (χ4n) is 2.11. The minimum atomic E-state index is 0.556. The van der Waals surface area contributed by atoms with Crippen molar-refractivity contribution in [1.29, 1.82) is 0 Å². The van der Waals surface area contributed by atoms with Crippen molar-refractivity contribution in [3.63, 3.8) is 0 Å². The van der Waals surface area contributed by atoms with Gasteiger partial charge in [0.15, 0.2) is 6.29 Å². The molecule has 0 atom stereocenters. The van der Waals surface area contributed by atoms with E-state index in [1.165, 1.54) is 19.3 Å². The molecule has 0 radical (unpaired) electrons. The Bertz CT molecular complexity index is 557. The zero-order valence-electron chi connectivity index (χ0n) is 8.69. The largest absolute Gasteiger partial charge is 0.302 e. The van der Waals surface area contributed by atoms with Crippen molar-refractivity contribution in [1.82, 2.24) is 9.38 Å². The van der Waals surface area contributed by atoms with E-state index in [1.54, 1.807) is 0 Å². The van der Waals surface area contributed by atoms with Crippen LogP contribution >= 0.6 is 15.9 Å². The Morgan fingerprint density at radius 2 is 2.25 bits per heavy atom. The summed E-state index contributed by atoms with van der Waals surface area (Å²) in [6.45, 7) is 0. The quantitative estimate of drug-likeness (QED) is 0.791. The van der Waals surface area contributed by atoms with E-state index in [4.69, 9.17) is 0 Å². The molecule has 16 heavy (non-hydrogen) atoms. The molecule has 1 aliphatic rings. The maximum Gasteiger partial charge on any atom is 0.151 e. The van der Waals surface area contributed by atoms with Crippen LogP contribution in [0.5, 0.6) is 0 Å². The third kappa shape index (κ3) is 1.40. The predicted molar refractivity (Wildman–Crippen MR) is 64.9 cm³/mol. The molecule has 1 aliphatic carbocycles. The number of aldehydes is 1. The van der Waals surface area contributed by atoms with Crippen molar-refractivity contribution < 1.29 is 4.79 Å².